The van der Waals surface area contributed by atoms with Crippen LogP contribution in [0.3, 0.4) is 0 Å². The van der Waals surface area contributed by atoms with Gasteiger partial charge in [0.25, 0.3) is 0 Å². The third-order valence-electron chi connectivity index (χ3n) is 5.53. The zero-order valence-corrected chi connectivity index (χ0v) is 16.4. The zero-order valence-electron chi connectivity index (χ0n) is 16.4. The molecule has 0 bridgehead atoms. The quantitative estimate of drug-likeness (QED) is 0.639. The van der Waals surface area contributed by atoms with Gasteiger partial charge in [0, 0.05) is 18.4 Å². The van der Waals surface area contributed by atoms with Gasteiger partial charge < -0.3 is 20.1 Å². The second-order valence-corrected chi connectivity index (χ2v) is 7.55. The Kier molecular flexibility index (Phi) is 5.58. The number of benzene rings is 2. The number of fused-ring (bicyclic) bond motifs is 1. The van der Waals surface area contributed by atoms with E-state index in [1.54, 1.807) is 4.90 Å². The fourth-order valence-electron chi connectivity index (χ4n) is 3.96. The number of carbonyl (C=O) groups excluding carboxylic acids is 1. The minimum Gasteiger partial charge on any atom is -0.335 e. The third kappa shape index (κ3) is 4.34. The number of likely N-dealkylation sites (tertiary alicyclic amines) is 1. The molecule has 0 radical (unpaired) electrons. The van der Waals surface area contributed by atoms with E-state index < -0.39 is 0 Å². The van der Waals surface area contributed by atoms with Crippen LogP contribution in [0.25, 0.3) is 11.0 Å². The van der Waals surface area contributed by atoms with Crippen molar-refractivity contribution in [2.24, 2.45) is 7.05 Å². The SMILES string of the molecule is Cn1c(CC[NH+]2CCCCC2)nc2cc(NC(=O)Nc3ccccc3)ccc21. The Bertz CT molecular complexity index is 944. The summed E-state index contributed by atoms with van der Waals surface area (Å²) < 4.78 is 2.17. The first kappa shape index (κ1) is 18.5. The van der Waals surface area contributed by atoms with Crippen LogP contribution in [-0.2, 0) is 13.5 Å². The summed E-state index contributed by atoms with van der Waals surface area (Å²) in [6.45, 7) is 3.71. The fraction of sp³-hybridized carbons (Fsp3) is 0.364. The molecule has 146 valence electrons. The monoisotopic (exact) mass is 378 g/mol. The summed E-state index contributed by atoms with van der Waals surface area (Å²) in [6.07, 6.45) is 5.05. The average Bonchev–Trinajstić information content (AvgIpc) is 3.03. The number of nitrogens with zero attached hydrogens (tertiary/aromatic N) is 2. The number of amides is 2. The van der Waals surface area contributed by atoms with Crippen molar-refractivity contribution >= 4 is 28.4 Å². The molecule has 3 aromatic rings. The minimum absolute atomic E-state index is 0.254. The number of quaternary nitrogens is 1. The number of urea groups is 1. The standard InChI is InChI=1S/C22H27N5O/c1-26-20-11-10-18(24-22(28)23-17-8-4-2-5-9-17)16-19(20)25-21(26)12-15-27-13-6-3-7-14-27/h2,4-5,8-11,16H,3,6-7,12-15H2,1H3,(H2,23,24,28)/p+1. The Labute approximate surface area is 165 Å². The molecule has 1 aliphatic heterocycles. The number of anilines is 2. The molecule has 2 aromatic carbocycles. The highest BCUT2D eigenvalue weighted by Gasteiger charge is 2.16. The van der Waals surface area contributed by atoms with Gasteiger partial charge in [-0.15, -0.1) is 0 Å². The number of carbonyl (C=O) groups is 1. The molecule has 0 atom stereocenters. The third-order valence-corrected chi connectivity index (χ3v) is 5.53. The van der Waals surface area contributed by atoms with Crippen LogP contribution >= 0.6 is 0 Å². The molecular formula is C22H28N5O+. The molecule has 2 amide bonds. The van der Waals surface area contributed by atoms with Crippen LogP contribution in [0.2, 0.25) is 0 Å². The number of rotatable bonds is 5. The molecule has 28 heavy (non-hydrogen) atoms. The van der Waals surface area contributed by atoms with Gasteiger partial charge in [0.15, 0.2) is 0 Å². The smallest absolute Gasteiger partial charge is 0.323 e. The number of imidazole rings is 1. The van der Waals surface area contributed by atoms with Crippen molar-refractivity contribution in [2.45, 2.75) is 25.7 Å². The lowest BCUT2D eigenvalue weighted by atomic mass is 10.1. The highest BCUT2D eigenvalue weighted by atomic mass is 16.2. The predicted octanol–water partition coefficient (Wildman–Crippen LogP) is 2.83. The lowest BCUT2D eigenvalue weighted by Crippen LogP contribution is -3.13. The first-order valence-corrected chi connectivity index (χ1v) is 10.1. The van der Waals surface area contributed by atoms with Crippen LogP contribution in [0.5, 0.6) is 0 Å². The summed E-state index contributed by atoms with van der Waals surface area (Å²) in [4.78, 5) is 18.7. The second-order valence-electron chi connectivity index (χ2n) is 7.55. The Morgan fingerprint density at radius 3 is 2.57 bits per heavy atom. The number of nitrogens with one attached hydrogen (secondary N) is 3. The average molecular weight is 379 g/mol. The lowest BCUT2D eigenvalue weighted by molar-refractivity contribution is -0.904. The van der Waals surface area contributed by atoms with Gasteiger partial charge >= 0.3 is 6.03 Å². The van der Waals surface area contributed by atoms with Crippen molar-refractivity contribution in [3.8, 4) is 0 Å². The molecule has 3 N–H and O–H groups in total. The molecule has 2 heterocycles. The molecule has 0 aliphatic carbocycles. The molecular weight excluding hydrogens is 350 g/mol. The summed E-state index contributed by atoms with van der Waals surface area (Å²) in [5.41, 5.74) is 3.52. The van der Waals surface area contributed by atoms with E-state index in [-0.39, 0.29) is 6.03 Å². The van der Waals surface area contributed by atoms with Crippen LogP contribution < -0.4 is 15.5 Å². The number of hydrogen-bond acceptors (Lipinski definition) is 2. The van der Waals surface area contributed by atoms with Crippen LogP contribution in [0.15, 0.2) is 48.5 Å². The zero-order chi connectivity index (χ0) is 19.3. The summed E-state index contributed by atoms with van der Waals surface area (Å²) >= 11 is 0. The molecule has 1 aliphatic rings. The van der Waals surface area contributed by atoms with E-state index >= 15 is 0 Å². The van der Waals surface area contributed by atoms with Crippen molar-refractivity contribution in [1.82, 2.24) is 9.55 Å². The molecule has 1 saturated heterocycles. The van der Waals surface area contributed by atoms with Gasteiger partial charge in [0.2, 0.25) is 0 Å². The molecule has 0 saturated carbocycles. The normalized spacial score (nSPS) is 14.9. The van der Waals surface area contributed by atoms with Crippen LogP contribution in [0.1, 0.15) is 25.1 Å². The van der Waals surface area contributed by atoms with Crippen molar-refractivity contribution < 1.29 is 9.69 Å². The summed E-state index contributed by atoms with van der Waals surface area (Å²) in [6, 6.07) is 15.1. The van der Waals surface area contributed by atoms with Gasteiger partial charge in [-0.25, -0.2) is 9.78 Å². The molecule has 0 unspecified atom stereocenters. The maximum atomic E-state index is 12.2. The maximum absolute atomic E-state index is 12.2. The highest BCUT2D eigenvalue weighted by molar-refractivity contribution is 6.00. The van der Waals surface area contributed by atoms with Gasteiger partial charge in [0.1, 0.15) is 5.82 Å². The van der Waals surface area contributed by atoms with Crippen LogP contribution in [-0.4, -0.2) is 35.2 Å². The van der Waals surface area contributed by atoms with Crippen molar-refractivity contribution in [2.75, 3.05) is 30.3 Å². The van der Waals surface area contributed by atoms with E-state index in [4.69, 9.17) is 4.98 Å². The Morgan fingerprint density at radius 1 is 1.04 bits per heavy atom. The molecule has 6 nitrogen and oxygen atoms in total. The number of para-hydroxylation sites is 1. The fourth-order valence-corrected chi connectivity index (χ4v) is 3.96. The second kappa shape index (κ2) is 8.44. The summed E-state index contributed by atoms with van der Waals surface area (Å²) in [5, 5.41) is 5.72. The van der Waals surface area contributed by atoms with E-state index in [1.165, 1.54) is 32.4 Å². The number of aryl methyl sites for hydroxylation is 1. The van der Waals surface area contributed by atoms with Crippen LogP contribution in [0, 0.1) is 0 Å². The Balaban J connectivity index is 1.42. The van der Waals surface area contributed by atoms with Crippen molar-refractivity contribution in [3.05, 3.63) is 54.4 Å². The molecule has 1 aromatic heterocycles. The number of piperidine rings is 1. The lowest BCUT2D eigenvalue weighted by Gasteiger charge is -2.23. The van der Waals surface area contributed by atoms with E-state index in [2.05, 4.69) is 22.2 Å². The first-order valence-electron chi connectivity index (χ1n) is 10.1. The largest absolute Gasteiger partial charge is 0.335 e. The number of hydrogen-bond donors (Lipinski definition) is 3. The first-order chi connectivity index (χ1) is 13.7. The van der Waals surface area contributed by atoms with Gasteiger partial charge in [0.05, 0.1) is 37.1 Å². The Morgan fingerprint density at radius 2 is 1.79 bits per heavy atom. The topological polar surface area (TPSA) is 63.4 Å². The van der Waals surface area contributed by atoms with Gasteiger partial charge in [-0.2, -0.15) is 0 Å². The van der Waals surface area contributed by atoms with Gasteiger partial charge in [-0.3, -0.25) is 0 Å². The highest BCUT2D eigenvalue weighted by Crippen LogP contribution is 2.20. The molecule has 1 fully saturated rings. The van der Waals surface area contributed by atoms with Crippen LogP contribution in [0.4, 0.5) is 16.2 Å². The van der Waals surface area contributed by atoms with Gasteiger partial charge in [-0.05, 0) is 49.6 Å². The summed E-state index contributed by atoms with van der Waals surface area (Å²) in [5.74, 6) is 1.11. The molecule has 6 heteroatoms. The molecule has 4 rings (SSSR count). The van der Waals surface area contributed by atoms with Gasteiger partial charge in [-0.1, -0.05) is 18.2 Å². The molecule has 0 spiro atoms. The van der Waals surface area contributed by atoms with Crippen molar-refractivity contribution in [3.63, 3.8) is 0 Å². The summed E-state index contributed by atoms with van der Waals surface area (Å²) in [7, 11) is 2.07. The minimum atomic E-state index is -0.254. The number of aromatic nitrogens is 2. The van der Waals surface area contributed by atoms with E-state index in [0.29, 0.717) is 0 Å². The van der Waals surface area contributed by atoms with E-state index in [0.717, 1.165) is 41.2 Å². The van der Waals surface area contributed by atoms with E-state index in [9.17, 15) is 4.79 Å². The van der Waals surface area contributed by atoms with Crippen molar-refractivity contribution in [1.29, 1.82) is 0 Å². The van der Waals surface area contributed by atoms with E-state index in [1.807, 2.05) is 48.5 Å². The predicted molar refractivity (Wildman–Crippen MR) is 113 cm³/mol. The maximum Gasteiger partial charge on any atom is 0.323 e. The Hall–Kier alpha value is -2.86.